The predicted octanol–water partition coefficient (Wildman–Crippen LogP) is -0.116. The molecule has 0 atom stereocenters. The van der Waals surface area contributed by atoms with Gasteiger partial charge in [0.05, 0.1) is 13.2 Å². The molecule has 3 N–H and O–H groups in total. The summed E-state index contributed by atoms with van der Waals surface area (Å²) in [4.78, 5) is 40.6. The normalized spacial score (nSPS) is 15.1. The number of hydrogen-bond acceptors (Lipinski definition) is 8. The van der Waals surface area contributed by atoms with Crippen molar-refractivity contribution in [3.05, 3.63) is 44.6 Å². The molecular formula is C21H27N5O6. The van der Waals surface area contributed by atoms with Gasteiger partial charge in [0, 0.05) is 26.2 Å². The van der Waals surface area contributed by atoms with Crippen molar-refractivity contribution in [3.8, 4) is 11.5 Å². The van der Waals surface area contributed by atoms with E-state index in [1.165, 1.54) is 4.57 Å². The van der Waals surface area contributed by atoms with Gasteiger partial charge in [0.1, 0.15) is 18.1 Å². The van der Waals surface area contributed by atoms with E-state index in [1.54, 1.807) is 12.1 Å². The Kier molecular flexibility index (Phi) is 6.35. The minimum absolute atomic E-state index is 0.126. The van der Waals surface area contributed by atoms with Crippen LogP contribution in [0.5, 0.6) is 11.5 Å². The number of morpholine rings is 1. The number of aromatic nitrogens is 2. The molecule has 1 saturated heterocycles. The van der Waals surface area contributed by atoms with Crippen LogP contribution in [0.15, 0.2) is 27.8 Å². The number of nitrogens with one attached hydrogen (secondary N) is 1. The van der Waals surface area contributed by atoms with Crippen LogP contribution in [0.1, 0.15) is 18.9 Å². The minimum atomic E-state index is -0.593. The van der Waals surface area contributed by atoms with Crippen molar-refractivity contribution in [1.82, 2.24) is 14.5 Å². The van der Waals surface area contributed by atoms with Gasteiger partial charge in [-0.3, -0.25) is 14.2 Å². The van der Waals surface area contributed by atoms with E-state index in [1.807, 2.05) is 17.9 Å². The summed E-state index contributed by atoms with van der Waals surface area (Å²) in [6.07, 6.45) is 0.654. The predicted molar refractivity (Wildman–Crippen MR) is 117 cm³/mol. The van der Waals surface area contributed by atoms with E-state index in [4.69, 9.17) is 19.9 Å². The van der Waals surface area contributed by atoms with Crippen LogP contribution in [0.2, 0.25) is 0 Å². The Morgan fingerprint density at radius 1 is 1.12 bits per heavy atom. The molecule has 1 aromatic carbocycles. The molecule has 1 fully saturated rings. The highest BCUT2D eigenvalue weighted by atomic mass is 16.7. The van der Waals surface area contributed by atoms with Crippen LogP contribution in [0.4, 0.5) is 11.5 Å². The Morgan fingerprint density at radius 2 is 1.88 bits per heavy atom. The molecule has 2 aromatic rings. The Bertz CT molecular complexity index is 1120. The van der Waals surface area contributed by atoms with Crippen LogP contribution >= 0.6 is 0 Å². The summed E-state index contributed by atoms with van der Waals surface area (Å²) in [5.74, 6) is 0.938. The molecule has 0 bridgehead atoms. The van der Waals surface area contributed by atoms with Crippen LogP contribution in [0, 0.1) is 0 Å². The second-order valence-corrected chi connectivity index (χ2v) is 7.62. The van der Waals surface area contributed by atoms with Crippen LogP contribution in [-0.4, -0.2) is 48.1 Å². The molecule has 1 aromatic heterocycles. The molecule has 4 rings (SSSR count). The second kappa shape index (κ2) is 9.35. The molecule has 2 aliphatic rings. The molecule has 1 amide bonds. The van der Waals surface area contributed by atoms with Gasteiger partial charge in [0.15, 0.2) is 11.5 Å². The lowest BCUT2D eigenvalue weighted by atomic mass is 10.2. The molecule has 0 unspecified atom stereocenters. The molecule has 3 heterocycles. The van der Waals surface area contributed by atoms with Gasteiger partial charge in [-0.1, -0.05) is 13.0 Å². The van der Waals surface area contributed by atoms with Crippen molar-refractivity contribution in [1.29, 1.82) is 0 Å². The molecule has 11 nitrogen and oxygen atoms in total. The zero-order valence-corrected chi connectivity index (χ0v) is 18.0. The van der Waals surface area contributed by atoms with E-state index in [0.717, 1.165) is 10.1 Å². The summed E-state index contributed by atoms with van der Waals surface area (Å²) in [7, 11) is 0. The number of carbonyl (C=O) groups is 1. The first-order chi connectivity index (χ1) is 15.5. The number of benzene rings is 1. The molecule has 0 spiro atoms. The number of nitrogens with zero attached hydrogens (tertiary/aromatic N) is 3. The van der Waals surface area contributed by atoms with Crippen LogP contribution in [0.25, 0.3) is 0 Å². The Balaban J connectivity index is 1.56. The average molecular weight is 445 g/mol. The van der Waals surface area contributed by atoms with Crippen LogP contribution < -0.4 is 36.7 Å². The summed E-state index contributed by atoms with van der Waals surface area (Å²) in [6, 6.07) is 5.36. The van der Waals surface area contributed by atoms with E-state index >= 15 is 0 Å². The van der Waals surface area contributed by atoms with Crippen molar-refractivity contribution < 1.29 is 19.0 Å². The highest BCUT2D eigenvalue weighted by molar-refractivity contribution is 5.76. The smallest absolute Gasteiger partial charge is 0.333 e. The topological polar surface area (TPSA) is 130 Å². The molecule has 32 heavy (non-hydrogen) atoms. The standard InChI is InChI=1S/C21H27N5O6/c1-2-5-25-19(22)18(24-6-8-30-9-7-24)20(28)26(21(25)29)12-17(27)23-11-14-3-4-15-16(10-14)32-13-31-15/h3-4,10H,2,5-9,11-13,22H2,1H3,(H,23,27). The maximum atomic E-state index is 13.2. The van der Waals surface area contributed by atoms with Crippen LogP contribution in [-0.2, 0) is 29.2 Å². The fraction of sp³-hybridized carbons (Fsp3) is 0.476. The van der Waals surface area contributed by atoms with Gasteiger partial charge in [0.2, 0.25) is 12.7 Å². The molecule has 11 heteroatoms. The van der Waals surface area contributed by atoms with E-state index < -0.39 is 23.7 Å². The molecule has 172 valence electrons. The van der Waals surface area contributed by atoms with Gasteiger partial charge in [0.25, 0.3) is 5.56 Å². The van der Waals surface area contributed by atoms with E-state index in [0.29, 0.717) is 50.8 Å². The Hall–Kier alpha value is -3.47. The molecule has 0 saturated carbocycles. The number of carbonyl (C=O) groups excluding carboxylic acids is 1. The van der Waals surface area contributed by atoms with Gasteiger partial charge in [-0.15, -0.1) is 0 Å². The van der Waals surface area contributed by atoms with Crippen molar-refractivity contribution in [2.24, 2.45) is 0 Å². The van der Waals surface area contributed by atoms with Crippen molar-refractivity contribution >= 4 is 17.4 Å². The first-order valence-corrected chi connectivity index (χ1v) is 10.6. The second-order valence-electron chi connectivity index (χ2n) is 7.62. The molecular weight excluding hydrogens is 418 g/mol. The zero-order chi connectivity index (χ0) is 22.7. The van der Waals surface area contributed by atoms with Gasteiger partial charge >= 0.3 is 5.69 Å². The number of nitrogen functional groups attached to an aromatic ring is 1. The maximum Gasteiger partial charge on any atom is 0.333 e. The van der Waals surface area contributed by atoms with E-state index in [2.05, 4.69) is 5.32 Å². The lowest BCUT2D eigenvalue weighted by Gasteiger charge is -2.30. The van der Waals surface area contributed by atoms with Gasteiger partial charge in [-0.2, -0.15) is 0 Å². The number of hydrogen-bond donors (Lipinski definition) is 2. The van der Waals surface area contributed by atoms with Crippen molar-refractivity contribution in [3.63, 3.8) is 0 Å². The van der Waals surface area contributed by atoms with E-state index in [-0.39, 0.29) is 24.8 Å². The average Bonchev–Trinajstić information content (AvgIpc) is 3.27. The van der Waals surface area contributed by atoms with Gasteiger partial charge < -0.3 is 30.2 Å². The largest absolute Gasteiger partial charge is 0.454 e. The van der Waals surface area contributed by atoms with Crippen LogP contribution in [0.3, 0.4) is 0 Å². The van der Waals surface area contributed by atoms with Gasteiger partial charge in [-0.05, 0) is 24.1 Å². The third-order valence-corrected chi connectivity index (χ3v) is 5.45. The SMILES string of the molecule is CCCn1c(N)c(N2CCOCC2)c(=O)n(CC(=O)NCc2ccc3c(c2)OCO3)c1=O. The number of amides is 1. The third-order valence-electron chi connectivity index (χ3n) is 5.45. The van der Waals surface area contributed by atoms with Gasteiger partial charge in [-0.25, -0.2) is 9.36 Å². The van der Waals surface area contributed by atoms with Crippen molar-refractivity contribution in [2.45, 2.75) is 33.0 Å². The summed E-state index contributed by atoms with van der Waals surface area (Å²) in [5, 5.41) is 2.75. The lowest BCUT2D eigenvalue weighted by Crippen LogP contribution is -2.49. The quantitative estimate of drug-likeness (QED) is 0.604. The fourth-order valence-electron chi connectivity index (χ4n) is 3.82. The Morgan fingerprint density at radius 3 is 2.62 bits per heavy atom. The summed E-state index contributed by atoms with van der Waals surface area (Å²) < 4.78 is 18.3. The third kappa shape index (κ3) is 4.28. The van der Waals surface area contributed by atoms with Crippen molar-refractivity contribution in [2.75, 3.05) is 43.7 Å². The monoisotopic (exact) mass is 445 g/mol. The number of rotatable bonds is 7. The molecule has 2 aliphatic heterocycles. The zero-order valence-electron chi connectivity index (χ0n) is 18.0. The Labute approximate surface area is 184 Å². The molecule has 0 radical (unpaired) electrons. The summed E-state index contributed by atoms with van der Waals surface area (Å²) in [5.41, 5.74) is 6.11. The number of ether oxygens (including phenoxy) is 3. The van der Waals surface area contributed by atoms with E-state index in [9.17, 15) is 14.4 Å². The highest BCUT2D eigenvalue weighted by Crippen LogP contribution is 2.32. The lowest BCUT2D eigenvalue weighted by molar-refractivity contribution is -0.121. The molecule has 0 aliphatic carbocycles. The first-order valence-electron chi connectivity index (χ1n) is 10.6. The minimum Gasteiger partial charge on any atom is -0.454 e. The fourth-order valence-corrected chi connectivity index (χ4v) is 3.82. The summed E-state index contributed by atoms with van der Waals surface area (Å²) >= 11 is 0. The maximum absolute atomic E-state index is 13.2. The first kappa shape index (κ1) is 21.8. The number of anilines is 2. The number of nitrogens with two attached hydrogens (primary N) is 1. The number of fused-ring (bicyclic) bond motifs is 1. The summed E-state index contributed by atoms with van der Waals surface area (Å²) in [6.45, 7) is 4.14. The highest BCUT2D eigenvalue weighted by Gasteiger charge is 2.24.